The minimum atomic E-state index is -3.48. The first-order valence-corrected chi connectivity index (χ1v) is 9.09. The van der Waals surface area contributed by atoms with Crippen molar-refractivity contribution in [2.24, 2.45) is 0 Å². The van der Waals surface area contributed by atoms with Crippen LogP contribution in [0.1, 0.15) is 0 Å². The third kappa shape index (κ3) is 3.70. The van der Waals surface area contributed by atoms with Crippen molar-refractivity contribution in [3.05, 3.63) is 53.2 Å². The molecular formula is C16H17N3O6S. The summed E-state index contributed by atoms with van der Waals surface area (Å²) >= 11 is 0. The minimum absolute atomic E-state index is 0.0956. The van der Waals surface area contributed by atoms with Crippen molar-refractivity contribution in [2.45, 2.75) is 11.4 Å². The lowest BCUT2D eigenvalue weighted by Gasteiger charge is -2.12. The molecule has 10 heteroatoms. The first-order valence-electron chi connectivity index (χ1n) is 7.65. The van der Waals surface area contributed by atoms with E-state index in [0.717, 1.165) is 8.99 Å². The molecule has 0 aliphatic rings. The van der Waals surface area contributed by atoms with Gasteiger partial charge in [0.15, 0.2) is 5.76 Å². The highest BCUT2D eigenvalue weighted by Crippen LogP contribution is 2.18. The molecule has 0 aliphatic carbocycles. The van der Waals surface area contributed by atoms with Crippen LogP contribution in [0.25, 0.3) is 11.7 Å². The van der Waals surface area contributed by atoms with E-state index in [0.29, 0.717) is 11.5 Å². The highest BCUT2D eigenvalue weighted by Gasteiger charge is 2.17. The SMILES string of the molecule is CN(C)S(=O)(=O)c1ccc(OCCn2nc(-c3ccco3)oc2=O)cc1. The zero-order valence-corrected chi connectivity index (χ0v) is 15.0. The van der Waals surface area contributed by atoms with Gasteiger partial charge in [0.2, 0.25) is 10.0 Å². The second kappa shape index (κ2) is 7.18. The number of rotatable bonds is 7. The van der Waals surface area contributed by atoms with Crippen molar-refractivity contribution in [2.75, 3.05) is 20.7 Å². The van der Waals surface area contributed by atoms with Crippen LogP contribution in [0.15, 0.2) is 61.2 Å². The zero-order chi connectivity index (χ0) is 18.7. The molecule has 0 saturated carbocycles. The van der Waals surface area contributed by atoms with Crippen LogP contribution in [-0.2, 0) is 16.6 Å². The molecule has 3 rings (SSSR count). The average molecular weight is 379 g/mol. The summed E-state index contributed by atoms with van der Waals surface area (Å²) in [5, 5.41) is 4.03. The molecule has 26 heavy (non-hydrogen) atoms. The van der Waals surface area contributed by atoms with Crippen LogP contribution in [-0.4, -0.2) is 43.2 Å². The predicted molar refractivity (Wildman–Crippen MR) is 91.3 cm³/mol. The van der Waals surface area contributed by atoms with E-state index in [-0.39, 0.29) is 23.9 Å². The molecule has 0 N–H and O–H groups in total. The lowest BCUT2D eigenvalue weighted by atomic mass is 10.3. The third-order valence-electron chi connectivity index (χ3n) is 3.51. The van der Waals surface area contributed by atoms with Gasteiger partial charge in [-0.1, -0.05) is 0 Å². The Balaban J connectivity index is 1.61. The van der Waals surface area contributed by atoms with Crippen LogP contribution in [0.5, 0.6) is 5.75 Å². The van der Waals surface area contributed by atoms with E-state index in [1.807, 2.05) is 0 Å². The Morgan fingerprint density at radius 2 is 1.92 bits per heavy atom. The molecule has 0 fully saturated rings. The molecule has 0 spiro atoms. The molecule has 0 bridgehead atoms. The lowest BCUT2D eigenvalue weighted by Crippen LogP contribution is -2.22. The smallest absolute Gasteiger partial charge is 0.437 e. The van der Waals surface area contributed by atoms with Gasteiger partial charge in [-0.2, -0.15) is 4.68 Å². The standard InChI is InChI=1S/C16H17N3O6S/c1-18(2)26(21,22)13-7-5-12(6-8-13)23-11-9-19-16(20)25-15(17-19)14-4-3-10-24-14/h3-8,10H,9,11H2,1-2H3. The maximum atomic E-state index is 12.0. The van der Waals surface area contributed by atoms with Gasteiger partial charge in [0.25, 0.3) is 5.89 Å². The first kappa shape index (κ1) is 18.0. The zero-order valence-electron chi connectivity index (χ0n) is 14.2. The largest absolute Gasteiger partial charge is 0.492 e. The number of aromatic nitrogens is 2. The van der Waals surface area contributed by atoms with Crippen molar-refractivity contribution in [1.82, 2.24) is 14.1 Å². The Morgan fingerprint density at radius 1 is 1.19 bits per heavy atom. The summed E-state index contributed by atoms with van der Waals surface area (Å²) in [4.78, 5) is 11.9. The molecule has 0 aliphatic heterocycles. The molecule has 0 amide bonds. The second-order valence-corrected chi connectivity index (χ2v) is 7.63. The summed E-state index contributed by atoms with van der Waals surface area (Å²) in [6, 6.07) is 9.32. The average Bonchev–Trinajstić information content (AvgIpc) is 3.25. The number of benzene rings is 1. The predicted octanol–water partition coefficient (Wildman–Crippen LogP) is 1.43. The molecule has 2 heterocycles. The molecule has 0 unspecified atom stereocenters. The molecule has 0 radical (unpaired) electrons. The van der Waals surface area contributed by atoms with Gasteiger partial charge < -0.3 is 13.6 Å². The normalized spacial score (nSPS) is 11.8. The fraction of sp³-hybridized carbons (Fsp3) is 0.250. The quantitative estimate of drug-likeness (QED) is 0.611. The summed E-state index contributed by atoms with van der Waals surface area (Å²) < 4.78 is 41.9. The van der Waals surface area contributed by atoms with Gasteiger partial charge in [-0.05, 0) is 36.4 Å². The van der Waals surface area contributed by atoms with Crippen LogP contribution in [0.2, 0.25) is 0 Å². The first-order chi connectivity index (χ1) is 12.4. The van der Waals surface area contributed by atoms with E-state index in [4.69, 9.17) is 13.6 Å². The van der Waals surface area contributed by atoms with Gasteiger partial charge in [-0.3, -0.25) is 0 Å². The number of nitrogens with zero attached hydrogens (tertiary/aromatic N) is 3. The fourth-order valence-electron chi connectivity index (χ4n) is 2.12. The van der Waals surface area contributed by atoms with Gasteiger partial charge in [0.1, 0.15) is 12.4 Å². The van der Waals surface area contributed by atoms with E-state index in [1.165, 1.54) is 32.5 Å². The number of furan rings is 1. The summed E-state index contributed by atoms with van der Waals surface area (Å²) in [6.45, 7) is 0.324. The van der Waals surface area contributed by atoms with Gasteiger partial charge in [-0.15, -0.1) is 5.10 Å². The van der Waals surface area contributed by atoms with Crippen LogP contribution < -0.4 is 10.5 Å². The second-order valence-electron chi connectivity index (χ2n) is 5.48. The molecule has 0 saturated heterocycles. The molecular weight excluding hydrogens is 362 g/mol. The summed E-state index contributed by atoms with van der Waals surface area (Å²) in [7, 11) is -0.551. The Morgan fingerprint density at radius 3 is 2.54 bits per heavy atom. The van der Waals surface area contributed by atoms with Gasteiger partial charge >= 0.3 is 5.76 Å². The number of ether oxygens (including phenoxy) is 1. The maximum Gasteiger partial charge on any atom is 0.437 e. The molecule has 1 aromatic carbocycles. The van der Waals surface area contributed by atoms with Crippen LogP contribution in [0.3, 0.4) is 0 Å². The van der Waals surface area contributed by atoms with Gasteiger partial charge in [-0.25, -0.2) is 17.5 Å². The summed E-state index contributed by atoms with van der Waals surface area (Å²) in [5.41, 5.74) is 0. The minimum Gasteiger partial charge on any atom is -0.492 e. The van der Waals surface area contributed by atoms with E-state index in [1.54, 1.807) is 24.3 Å². The molecule has 9 nitrogen and oxygen atoms in total. The van der Waals surface area contributed by atoms with Gasteiger partial charge in [0, 0.05) is 14.1 Å². The van der Waals surface area contributed by atoms with Crippen molar-refractivity contribution < 1.29 is 22.0 Å². The van der Waals surface area contributed by atoms with Crippen molar-refractivity contribution in [1.29, 1.82) is 0 Å². The highest BCUT2D eigenvalue weighted by molar-refractivity contribution is 7.89. The van der Waals surface area contributed by atoms with E-state index in [2.05, 4.69) is 5.10 Å². The monoisotopic (exact) mass is 379 g/mol. The Bertz CT molecular complexity index is 1020. The van der Waals surface area contributed by atoms with Crippen molar-refractivity contribution in [3.8, 4) is 17.4 Å². The van der Waals surface area contributed by atoms with Gasteiger partial charge in [0.05, 0.1) is 17.7 Å². The molecule has 3 aromatic rings. The maximum absolute atomic E-state index is 12.0. The van der Waals surface area contributed by atoms with E-state index >= 15 is 0 Å². The Kier molecular flexibility index (Phi) is 4.96. The number of sulfonamides is 1. The Labute approximate surface area is 149 Å². The Hall–Kier alpha value is -2.85. The lowest BCUT2D eigenvalue weighted by molar-refractivity contribution is 0.285. The number of hydrogen-bond donors (Lipinski definition) is 0. The fourth-order valence-corrected chi connectivity index (χ4v) is 3.02. The van der Waals surface area contributed by atoms with Crippen molar-refractivity contribution in [3.63, 3.8) is 0 Å². The van der Waals surface area contributed by atoms with Crippen LogP contribution >= 0.6 is 0 Å². The third-order valence-corrected chi connectivity index (χ3v) is 5.34. The van der Waals surface area contributed by atoms with E-state index in [9.17, 15) is 13.2 Å². The molecule has 0 atom stereocenters. The molecule has 138 valence electrons. The van der Waals surface area contributed by atoms with Crippen LogP contribution in [0, 0.1) is 0 Å². The molecule has 2 aromatic heterocycles. The summed E-state index contributed by atoms with van der Waals surface area (Å²) in [6.07, 6.45) is 1.46. The highest BCUT2D eigenvalue weighted by atomic mass is 32.2. The topological polar surface area (TPSA) is 108 Å². The van der Waals surface area contributed by atoms with E-state index < -0.39 is 15.8 Å². The van der Waals surface area contributed by atoms with Crippen LogP contribution in [0.4, 0.5) is 0 Å². The summed E-state index contributed by atoms with van der Waals surface area (Å²) in [5.74, 6) is 0.315. The number of hydrogen-bond acceptors (Lipinski definition) is 7. The van der Waals surface area contributed by atoms with Crippen molar-refractivity contribution >= 4 is 10.0 Å².